The van der Waals surface area contributed by atoms with Crippen LogP contribution >= 0.6 is 0 Å². The van der Waals surface area contributed by atoms with Gasteiger partial charge in [0.15, 0.2) is 11.6 Å². The molecule has 12 heavy (non-hydrogen) atoms. The summed E-state index contributed by atoms with van der Waals surface area (Å²) in [6.07, 6.45) is 4.88. The highest BCUT2D eigenvalue weighted by molar-refractivity contribution is 6.24. The minimum absolute atomic E-state index is 0.171. The molecular weight excluding hydrogens is 156 g/mol. The number of carbonyl (C=O) groups is 2. The largest absolute Gasteiger partial charge is 0.598 e. The molecular formula is C9H9O3+. The Morgan fingerprint density at radius 2 is 1.67 bits per heavy atom. The molecule has 0 bridgehead atoms. The molecule has 0 aliphatic heterocycles. The molecule has 0 saturated carbocycles. The molecule has 3 nitrogen and oxygen atoms in total. The first kappa shape index (κ1) is 8.46. The Labute approximate surface area is 69.7 Å². The van der Waals surface area contributed by atoms with E-state index < -0.39 is 0 Å². The van der Waals surface area contributed by atoms with E-state index in [1.807, 2.05) is 0 Å². The van der Waals surface area contributed by atoms with Crippen molar-refractivity contribution in [3.8, 4) is 0 Å². The van der Waals surface area contributed by atoms with Crippen LogP contribution in [0.25, 0.3) is 0 Å². The third kappa shape index (κ3) is 1.21. The van der Waals surface area contributed by atoms with Gasteiger partial charge in [-0.05, 0) is 19.1 Å². The van der Waals surface area contributed by atoms with Crippen LogP contribution in [0.15, 0.2) is 35.6 Å². The molecule has 0 aromatic carbocycles. The molecule has 2 N–H and O–H groups in total. The third-order valence-corrected chi connectivity index (χ3v) is 1.64. The van der Waals surface area contributed by atoms with Gasteiger partial charge in [0, 0.05) is 5.57 Å². The van der Waals surface area contributed by atoms with Gasteiger partial charge in [-0.2, -0.15) is 0 Å². The minimum atomic E-state index is -0.280. The van der Waals surface area contributed by atoms with Crippen molar-refractivity contribution in [2.45, 2.75) is 6.92 Å². The van der Waals surface area contributed by atoms with Gasteiger partial charge in [0.1, 0.15) is 5.57 Å². The Morgan fingerprint density at radius 3 is 2.00 bits per heavy atom. The normalized spacial score (nSPS) is 24.1. The summed E-state index contributed by atoms with van der Waals surface area (Å²) < 4.78 is 0. The molecule has 0 unspecified atom stereocenters. The van der Waals surface area contributed by atoms with Crippen LogP contribution in [-0.4, -0.2) is 16.7 Å². The predicted octanol–water partition coefficient (Wildman–Crippen LogP) is 0.249. The fourth-order valence-electron chi connectivity index (χ4n) is 1.04. The zero-order valence-corrected chi connectivity index (χ0v) is 6.63. The fourth-order valence-corrected chi connectivity index (χ4v) is 1.04. The van der Waals surface area contributed by atoms with Gasteiger partial charge in [0.05, 0.1) is 0 Å². The molecule has 0 amide bonds. The summed E-state index contributed by atoms with van der Waals surface area (Å²) in [4.78, 5) is 22.2. The Balaban J connectivity index is 3.24. The van der Waals surface area contributed by atoms with Crippen LogP contribution in [0.4, 0.5) is 0 Å². The van der Waals surface area contributed by atoms with E-state index in [-0.39, 0.29) is 17.1 Å². The Morgan fingerprint density at radius 1 is 1.17 bits per heavy atom. The van der Waals surface area contributed by atoms with Gasteiger partial charge in [0.25, 0.3) is 0 Å². The standard InChI is InChI=1S/C9H8O3/c1-2-6-7(5-10)9(12)4-3-8(6)11/h2-5,10H,1H3/p+1/b6-2-,7-5-. The summed E-state index contributed by atoms with van der Waals surface area (Å²) in [6.45, 7) is 1.67. The van der Waals surface area contributed by atoms with E-state index in [2.05, 4.69) is 0 Å². The average Bonchev–Trinajstić information content (AvgIpc) is 2.08. The maximum Gasteiger partial charge on any atom is 0.228 e. The summed E-state index contributed by atoms with van der Waals surface area (Å²) in [5.74, 6) is -0.492. The molecule has 0 radical (unpaired) electrons. The van der Waals surface area contributed by atoms with Gasteiger partial charge in [-0.25, -0.2) is 0 Å². The number of hydrogen-bond donors (Lipinski definition) is 0. The van der Waals surface area contributed by atoms with Crippen molar-refractivity contribution >= 4 is 11.6 Å². The number of ketones is 2. The Bertz CT molecular complexity index is 287. The second-order valence-corrected chi connectivity index (χ2v) is 2.32. The molecule has 0 atom stereocenters. The Kier molecular flexibility index (Phi) is 2.24. The van der Waals surface area contributed by atoms with Crippen molar-refractivity contribution in [3.63, 3.8) is 0 Å². The molecule has 1 aliphatic rings. The summed E-state index contributed by atoms with van der Waals surface area (Å²) in [7, 11) is 0. The number of allylic oxidation sites excluding steroid dienone is 5. The molecule has 0 spiro atoms. The van der Waals surface area contributed by atoms with Crippen molar-refractivity contribution in [2.75, 3.05) is 0 Å². The third-order valence-electron chi connectivity index (χ3n) is 1.64. The maximum absolute atomic E-state index is 11.1. The number of carbonyl (C=O) groups excluding carboxylic acids is 2. The van der Waals surface area contributed by atoms with Gasteiger partial charge < -0.3 is 5.11 Å². The van der Waals surface area contributed by atoms with E-state index in [1.54, 1.807) is 13.0 Å². The summed E-state index contributed by atoms with van der Waals surface area (Å²) in [6, 6.07) is 0. The van der Waals surface area contributed by atoms with E-state index in [1.165, 1.54) is 12.2 Å². The maximum atomic E-state index is 11.1. The molecule has 1 rings (SSSR count). The molecule has 0 aromatic heterocycles. The lowest BCUT2D eigenvalue weighted by molar-refractivity contribution is -0.115. The molecule has 1 aliphatic carbocycles. The van der Waals surface area contributed by atoms with E-state index >= 15 is 0 Å². The van der Waals surface area contributed by atoms with Crippen molar-refractivity contribution < 1.29 is 14.7 Å². The second-order valence-electron chi connectivity index (χ2n) is 2.32. The summed E-state index contributed by atoms with van der Waals surface area (Å²) in [5.41, 5.74) is 0.488. The molecule has 0 fully saturated rings. The minimum Gasteiger partial charge on any atom is -0.598 e. The topological polar surface area (TPSA) is 57.0 Å². The van der Waals surface area contributed by atoms with E-state index in [9.17, 15) is 9.59 Å². The van der Waals surface area contributed by atoms with Crippen LogP contribution in [0.3, 0.4) is 0 Å². The lowest BCUT2D eigenvalue weighted by Gasteiger charge is -2.06. The highest BCUT2D eigenvalue weighted by Gasteiger charge is 2.23. The fraction of sp³-hybridized carbons (Fsp3) is 0.111. The van der Waals surface area contributed by atoms with Crippen molar-refractivity contribution in [1.82, 2.24) is 0 Å². The first-order valence-electron chi connectivity index (χ1n) is 3.51. The molecule has 0 heterocycles. The van der Waals surface area contributed by atoms with Gasteiger partial charge in [-0.15, -0.1) is 0 Å². The highest BCUT2D eigenvalue weighted by Crippen LogP contribution is 2.17. The number of hydrogen-bond acceptors (Lipinski definition) is 2. The van der Waals surface area contributed by atoms with Crippen molar-refractivity contribution in [2.24, 2.45) is 0 Å². The predicted molar refractivity (Wildman–Crippen MR) is 44.6 cm³/mol. The van der Waals surface area contributed by atoms with Crippen LogP contribution in [0.5, 0.6) is 0 Å². The Hall–Kier alpha value is -1.64. The zero-order valence-electron chi connectivity index (χ0n) is 6.63. The van der Waals surface area contributed by atoms with E-state index in [4.69, 9.17) is 5.11 Å². The van der Waals surface area contributed by atoms with E-state index in [0.29, 0.717) is 5.57 Å². The zero-order chi connectivity index (χ0) is 9.14. The van der Waals surface area contributed by atoms with Crippen LogP contribution in [0.2, 0.25) is 0 Å². The van der Waals surface area contributed by atoms with Crippen LogP contribution in [-0.2, 0) is 9.59 Å². The molecule has 62 valence electrons. The SMILES string of the molecule is C/C=C1\C(=O)C=CC(=O)\C1=C/[OH2+]. The molecule has 0 aromatic rings. The van der Waals surface area contributed by atoms with Gasteiger partial charge >= 0.3 is 0 Å². The lowest BCUT2D eigenvalue weighted by atomic mass is 9.93. The van der Waals surface area contributed by atoms with Crippen LogP contribution in [0, 0.1) is 0 Å². The van der Waals surface area contributed by atoms with E-state index in [0.717, 1.165) is 6.26 Å². The first-order valence-corrected chi connectivity index (χ1v) is 3.51. The summed E-state index contributed by atoms with van der Waals surface area (Å²) in [5, 5.41) is 6.94. The smallest absolute Gasteiger partial charge is 0.228 e. The van der Waals surface area contributed by atoms with Gasteiger partial charge in [0.2, 0.25) is 6.26 Å². The molecule has 3 heteroatoms. The quantitative estimate of drug-likeness (QED) is 0.293. The van der Waals surface area contributed by atoms with Gasteiger partial charge in [-0.3, -0.25) is 9.59 Å². The average molecular weight is 165 g/mol. The summed E-state index contributed by atoms with van der Waals surface area (Å²) >= 11 is 0. The van der Waals surface area contributed by atoms with Crippen LogP contribution < -0.4 is 0 Å². The number of rotatable bonds is 0. The monoisotopic (exact) mass is 165 g/mol. The van der Waals surface area contributed by atoms with Crippen molar-refractivity contribution in [1.29, 1.82) is 0 Å². The van der Waals surface area contributed by atoms with Crippen molar-refractivity contribution in [3.05, 3.63) is 35.6 Å². The van der Waals surface area contributed by atoms with Gasteiger partial charge in [-0.1, -0.05) is 6.08 Å². The molecule has 0 saturated heterocycles. The first-order chi connectivity index (χ1) is 5.70. The highest BCUT2D eigenvalue weighted by atomic mass is 16.2. The lowest BCUT2D eigenvalue weighted by Crippen LogP contribution is -2.14. The second kappa shape index (κ2) is 3.17. The van der Waals surface area contributed by atoms with Crippen LogP contribution in [0.1, 0.15) is 6.92 Å².